The highest BCUT2D eigenvalue weighted by molar-refractivity contribution is 5.91. The molecule has 0 spiro atoms. The molecule has 0 radical (unpaired) electrons. The van der Waals surface area contributed by atoms with Gasteiger partial charge in [-0.05, 0) is 24.3 Å². The Labute approximate surface area is 159 Å². The fourth-order valence-corrected chi connectivity index (χ4v) is 2.75. The Morgan fingerprint density at radius 3 is 2.79 bits per heavy atom. The summed E-state index contributed by atoms with van der Waals surface area (Å²) in [5.74, 6) is 0.153. The van der Waals surface area contributed by atoms with E-state index >= 15 is 0 Å². The van der Waals surface area contributed by atoms with Gasteiger partial charge < -0.3 is 19.0 Å². The van der Waals surface area contributed by atoms with Crippen LogP contribution < -0.4 is 4.74 Å². The molecule has 0 unspecified atom stereocenters. The van der Waals surface area contributed by atoms with E-state index < -0.39 is 5.82 Å². The van der Waals surface area contributed by atoms with Gasteiger partial charge in [-0.15, -0.1) is 0 Å². The van der Waals surface area contributed by atoms with Gasteiger partial charge in [0.05, 0.1) is 17.6 Å². The van der Waals surface area contributed by atoms with Crippen LogP contribution in [0.1, 0.15) is 22.2 Å². The Morgan fingerprint density at radius 1 is 1.18 bits per heavy atom. The zero-order valence-corrected chi connectivity index (χ0v) is 15.1. The number of carbonyl (C=O) groups excluding carboxylic acids is 1. The molecule has 0 atom stereocenters. The summed E-state index contributed by atoms with van der Waals surface area (Å²) in [4.78, 5) is 25.8. The third kappa shape index (κ3) is 3.71. The van der Waals surface area contributed by atoms with Crippen LogP contribution in [0.4, 0.5) is 4.39 Å². The highest BCUT2D eigenvalue weighted by Crippen LogP contribution is 2.17. The number of imidazole rings is 1. The third-order valence-electron chi connectivity index (χ3n) is 4.13. The summed E-state index contributed by atoms with van der Waals surface area (Å²) in [6, 6.07) is 13.7. The molecule has 0 aliphatic rings. The monoisotopic (exact) mass is 380 g/mol. The molecule has 0 fully saturated rings. The van der Waals surface area contributed by atoms with Crippen LogP contribution >= 0.6 is 0 Å². The number of fused-ring (bicyclic) bond motifs is 1. The lowest BCUT2D eigenvalue weighted by Crippen LogP contribution is -2.27. The number of para-hydroxylation sites is 3. The number of halogens is 1. The van der Waals surface area contributed by atoms with Gasteiger partial charge in [0.25, 0.3) is 5.91 Å². The molecule has 0 aliphatic carbocycles. The number of oxazole rings is 1. The molecule has 0 aliphatic heterocycles. The molecule has 1 amide bonds. The van der Waals surface area contributed by atoms with E-state index in [9.17, 15) is 9.18 Å². The van der Waals surface area contributed by atoms with Crippen LogP contribution in [-0.2, 0) is 13.2 Å². The number of nitrogens with zero attached hydrogens (tertiary/aromatic N) is 3. The van der Waals surface area contributed by atoms with Crippen molar-refractivity contribution in [2.45, 2.75) is 13.2 Å². The van der Waals surface area contributed by atoms with E-state index in [4.69, 9.17) is 9.15 Å². The predicted molar refractivity (Wildman–Crippen MR) is 99.1 cm³/mol. The molecule has 1 N–H and O–H groups in total. The van der Waals surface area contributed by atoms with E-state index in [0.717, 1.165) is 11.0 Å². The summed E-state index contributed by atoms with van der Waals surface area (Å²) in [5.41, 5.74) is 1.89. The number of carbonyl (C=O) groups is 1. The maximum Gasteiger partial charge on any atom is 0.275 e. The summed E-state index contributed by atoms with van der Waals surface area (Å²) >= 11 is 0. The molecule has 4 rings (SSSR count). The average Bonchev–Trinajstić information content (AvgIpc) is 3.33. The summed E-state index contributed by atoms with van der Waals surface area (Å²) in [7, 11) is 1.65. The van der Waals surface area contributed by atoms with Crippen LogP contribution in [0.2, 0.25) is 0 Å². The van der Waals surface area contributed by atoms with Gasteiger partial charge in [-0.3, -0.25) is 4.79 Å². The van der Waals surface area contributed by atoms with Gasteiger partial charge in [0.2, 0.25) is 5.89 Å². The molecular formula is C20H17FN4O3. The predicted octanol–water partition coefficient (Wildman–Crippen LogP) is 3.54. The van der Waals surface area contributed by atoms with Crippen molar-refractivity contribution in [3.63, 3.8) is 0 Å². The summed E-state index contributed by atoms with van der Waals surface area (Å²) in [5, 5.41) is 0. The Kier molecular flexibility index (Phi) is 4.76. The first-order chi connectivity index (χ1) is 13.6. The highest BCUT2D eigenvalue weighted by Gasteiger charge is 2.18. The SMILES string of the molecule is CN(Cc1nc2ccccc2[nH]1)C(=O)c1coc(COc2ccccc2F)n1. The maximum absolute atomic E-state index is 13.6. The number of benzene rings is 2. The second-order valence-corrected chi connectivity index (χ2v) is 6.21. The number of H-pyrrole nitrogens is 1. The maximum atomic E-state index is 13.6. The Morgan fingerprint density at radius 2 is 1.96 bits per heavy atom. The van der Waals surface area contributed by atoms with Gasteiger partial charge in [0, 0.05) is 7.05 Å². The van der Waals surface area contributed by atoms with Crippen molar-refractivity contribution < 1.29 is 18.3 Å². The fraction of sp³-hybridized carbons (Fsp3) is 0.150. The number of ether oxygens (including phenoxy) is 1. The zero-order chi connectivity index (χ0) is 19.5. The van der Waals surface area contributed by atoms with Crippen LogP contribution in [-0.4, -0.2) is 32.8 Å². The third-order valence-corrected chi connectivity index (χ3v) is 4.13. The quantitative estimate of drug-likeness (QED) is 0.553. The minimum Gasteiger partial charge on any atom is -0.481 e. The smallest absolute Gasteiger partial charge is 0.275 e. The molecule has 7 nitrogen and oxygen atoms in total. The summed E-state index contributed by atoms with van der Waals surface area (Å²) < 4.78 is 24.2. The second-order valence-electron chi connectivity index (χ2n) is 6.21. The van der Waals surface area contributed by atoms with E-state index in [2.05, 4.69) is 15.0 Å². The van der Waals surface area contributed by atoms with E-state index in [1.54, 1.807) is 19.2 Å². The average molecular weight is 380 g/mol. The van der Waals surface area contributed by atoms with E-state index in [0.29, 0.717) is 12.4 Å². The number of hydrogen-bond acceptors (Lipinski definition) is 5. The molecular weight excluding hydrogens is 363 g/mol. The summed E-state index contributed by atoms with van der Waals surface area (Å²) in [6.45, 7) is 0.211. The standard InChI is InChI=1S/C20H17FN4O3/c1-25(10-18-22-14-7-3-4-8-15(14)23-18)20(26)16-11-28-19(24-16)12-27-17-9-5-2-6-13(17)21/h2-9,11H,10,12H2,1H3,(H,22,23). The molecule has 8 heteroatoms. The normalized spacial score (nSPS) is 10.9. The first-order valence-corrected chi connectivity index (χ1v) is 8.61. The molecule has 28 heavy (non-hydrogen) atoms. The van der Waals surface area contributed by atoms with Crippen LogP contribution in [0.15, 0.2) is 59.2 Å². The van der Waals surface area contributed by atoms with Crippen LogP contribution in [0.5, 0.6) is 5.75 Å². The first-order valence-electron chi connectivity index (χ1n) is 8.61. The van der Waals surface area contributed by atoms with Crippen molar-refractivity contribution in [2.24, 2.45) is 0 Å². The van der Waals surface area contributed by atoms with Crippen molar-refractivity contribution in [1.29, 1.82) is 0 Å². The number of rotatable bonds is 6. The van der Waals surface area contributed by atoms with Gasteiger partial charge in [-0.25, -0.2) is 14.4 Å². The first kappa shape index (κ1) is 17.7. The fourth-order valence-electron chi connectivity index (χ4n) is 2.75. The number of nitrogens with one attached hydrogen (secondary N) is 1. The minimum atomic E-state index is -0.476. The molecule has 4 aromatic rings. The van der Waals surface area contributed by atoms with Crippen molar-refractivity contribution in [3.05, 3.63) is 78.0 Å². The minimum absolute atomic E-state index is 0.0818. The second kappa shape index (κ2) is 7.51. The van der Waals surface area contributed by atoms with E-state index in [-0.39, 0.29) is 29.8 Å². The number of aromatic nitrogens is 3. The topological polar surface area (TPSA) is 84.2 Å². The lowest BCUT2D eigenvalue weighted by molar-refractivity contribution is 0.0776. The highest BCUT2D eigenvalue weighted by atomic mass is 19.1. The van der Waals surface area contributed by atoms with Crippen molar-refractivity contribution >= 4 is 16.9 Å². The Bertz CT molecular complexity index is 1090. The Balaban J connectivity index is 1.39. The Hall–Kier alpha value is -3.68. The molecule has 0 saturated heterocycles. The molecule has 2 aromatic carbocycles. The van der Waals surface area contributed by atoms with Crippen LogP contribution in [0.25, 0.3) is 11.0 Å². The largest absolute Gasteiger partial charge is 0.481 e. The number of amides is 1. The lowest BCUT2D eigenvalue weighted by atomic mass is 10.3. The number of aromatic amines is 1. The summed E-state index contributed by atoms with van der Waals surface area (Å²) in [6.07, 6.45) is 1.26. The number of hydrogen-bond donors (Lipinski definition) is 1. The van der Waals surface area contributed by atoms with Crippen LogP contribution in [0, 0.1) is 5.82 Å². The zero-order valence-electron chi connectivity index (χ0n) is 15.1. The molecule has 2 heterocycles. The van der Waals surface area contributed by atoms with Crippen molar-refractivity contribution in [1.82, 2.24) is 19.9 Å². The molecule has 142 valence electrons. The van der Waals surface area contributed by atoms with Gasteiger partial charge in [0.15, 0.2) is 23.9 Å². The molecule has 2 aromatic heterocycles. The lowest BCUT2D eigenvalue weighted by Gasteiger charge is -2.13. The van der Waals surface area contributed by atoms with Gasteiger partial charge in [0.1, 0.15) is 12.1 Å². The van der Waals surface area contributed by atoms with Crippen molar-refractivity contribution in [2.75, 3.05) is 7.05 Å². The van der Waals surface area contributed by atoms with Crippen LogP contribution in [0.3, 0.4) is 0 Å². The van der Waals surface area contributed by atoms with E-state index in [1.165, 1.54) is 23.3 Å². The van der Waals surface area contributed by atoms with Gasteiger partial charge in [-0.1, -0.05) is 24.3 Å². The van der Waals surface area contributed by atoms with E-state index in [1.807, 2.05) is 24.3 Å². The molecule has 0 bridgehead atoms. The van der Waals surface area contributed by atoms with Crippen molar-refractivity contribution in [3.8, 4) is 5.75 Å². The van der Waals surface area contributed by atoms with Gasteiger partial charge in [-0.2, -0.15) is 0 Å². The van der Waals surface area contributed by atoms with Gasteiger partial charge >= 0.3 is 0 Å². The molecule has 0 saturated carbocycles.